The van der Waals surface area contributed by atoms with Crippen LogP contribution in [0.15, 0.2) is 24.3 Å². The summed E-state index contributed by atoms with van der Waals surface area (Å²) in [6.45, 7) is 0.769. The molecule has 6 nitrogen and oxygen atoms in total. The second kappa shape index (κ2) is 7.79. The summed E-state index contributed by atoms with van der Waals surface area (Å²) in [7, 11) is 3.30. The summed E-state index contributed by atoms with van der Waals surface area (Å²) in [5, 5.41) is 14.0. The summed E-state index contributed by atoms with van der Waals surface area (Å²) < 4.78 is 0. The van der Waals surface area contributed by atoms with Gasteiger partial charge in [0.2, 0.25) is 5.91 Å². The van der Waals surface area contributed by atoms with Crippen LogP contribution in [0, 0.1) is 11.3 Å². The maximum Gasteiger partial charge on any atom is 0.316 e. The van der Waals surface area contributed by atoms with Gasteiger partial charge in [0.15, 0.2) is 0 Å². The summed E-state index contributed by atoms with van der Waals surface area (Å²) in [6.07, 6.45) is 0.257. The van der Waals surface area contributed by atoms with E-state index in [0.29, 0.717) is 18.7 Å². The number of carbonyl (C=O) groups excluding carboxylic acids is 2. The number of benzene rings is 1. The molecule has 0 bridgehead atoms. The number of carbonyl (C=O) groups is 2. The number of amides is 3. The number of hydrogen-bond acceptors (Lipinski definition) is 3. The van der Waals surface area contributed by atoms with Crippen LogP contribution >= 0.6 is 0 Å². The van der Waals surface area contributed by atoms with Crippen LogP contribution in [0.4, 0.5) is 4.79 Å². The van der Waals surface area contributed by atoms with Crippen LogP contribution in [0.5, 0.6) is 0 Å². The van der Waals surface area contributed by atoms with E-state index in [1.165, 1.54) is 4.90 Å². The third kappa shape index (κ3) is 5.40. The molecule has 1 aromatic rings. The molecule has 0 heterocycles. The zero-order valence-electron chi connectivity index (χ0n) is 11.6. The number of nitriles is 1. The van der Waals surface area contributed by atoms with Gasteiger partial charge in [-0.2, -0.15) is 5.26 Å². The number of rotatable bonds is 5. The lowest BCUT2D eigenvalue weighted by Gasteiger charge is -2.12. The second-order valence-corrected chi connectivity index (χ2v) is 4.46. The number of nitrogens with zero attached hydrogens (tertiary/aromatic N) is 2. The van der Waals surface area contributed by atoms with Crippen LogP contribution in [0.2, 0.25) is 0 Å². The Bertz CT molecular complexity index is 503. The third-order valence-corrected chi connectivity index (χ3v) is 2.58. The molecular formula is C14H18N4O2. The van der Waals surface area contributed by atoms with Gasteiger partial charge in [-0.3, -0.25) is 4.79 Å². The Hall–Kier alpha value is -2.55. The minimum atomic E-state index is -0.189. The normalized spacial score (nSPS) is 9.45. The van der Waals surface area contributed by atoms with E-state index in [4.69, 9.17) is 5.26 Å². The minimum Gasteiger partial charge on any atom is -0.354 e. The monoisotopic (exact) mass is 274 g/mol. The van der Waals surface area contributed by atoms with E-state index in [2.05, 4.69) is 10.6 Å². The highest BCUT2D eigenvalue weighted by Crippen LogP contribution is 2.03. The quantitative estimate of drug-likeness (QED) is 0.766. The van der Waals surface area contributed by atoms with Crippen molar-refractivity contribution in [3.63, 3.8) is 0 Å². The Labute approximate surface area is 118 Å². The molecule has 3 amide bonds. The standard InChI is InChI=1S/C14H18N4O2/c1-18(2)14(20)17-8-7-16-13(19)9-11-3-5-12(10-15)6-4-11/h3-6H,7-9H2,1-2H3,(H,16,19)(H,17,20). The van der Waals surface area contributed by atoms with Gasteiger partial charge in [0.05, 0.1) is 18.1 Å². The molecule has 0 fully saturated rings. The molecule has 1 aromatic carbocycles. The molecule has 106 valence electrons. The van der Waals surface area contributed by atoms with Crippen molar-refractivity contribution in [2.75, 3.05) is 27.2 Å². The lowest BCUT2D eigenvalue weighted by molar-refractivity contribution is -0.120. The van der Waals surface area contributed by atoms with Gasteiger partial charge in [0, 0.05) is 27.2 Å². The first-order chi connectivity index (χ1) is 9.52. The van der Waals surface area contributed by atoms with Gasteiger partial charge in [-0.1, -0.05) is 12.1 Å². The van der Waals surface area contributed by atoms with E-state index in [-0.39, 0.29) is 18.4 Å². The van der Waals surface area contributed by atoms with Gasteiger partial charge < -0.3 is 15.5 Å². The van der Waals surface area contributed by atoms with E-state index in [1.54, 1.807) is 38.4 Å². The summed E-state index contributed by atoms with van der Waals surface area (Å²) in [5.41, 5.74) is 1.42. The van der Waals surface area contributed by atoms with Crippen molar-refractivity contribution in [1.82, 2.24) is 15.5 Å². The third-order valence-electron chi connectivity index (χ3n) is 2.58. The molecule has 0 unspecified atom stereocenters. The van der Waals surface area contributed by atoms with E-state index < -0.39 is 0 Å². The highest BCUT2D eigenvalue weighted by atomic mass is 16.2. The molecule has 0 spiro atoms. The van der Waals surface area contributed by atoms with Crippen molar-refractivity contribution in [2.24, 2.45) is 0 Å². The summed E-state index contributed by atoms with van der Waals surface area (Å²) in [5.74, 6) is -0.117. The average molecular weight is 274 g/mol. The van der Waals surface area contributed by atoms with Crippen LogP contribution < -0.4 is 10.6 Å². The molecule has 0 saturated carbocycles. The van der Waals surface area contributed by atoms with Crippen molar-refractivity contribution in [1.29, 1.82) is 5.26 Å². The predicted molar refractivity (Wildman–Crippen MR) is 75.0 cm³/mol. The summed E-state index contributed by atoms with van der Waals surface area (Å²) >= 11 is 0. The number of urea groups is 1. The van der Waals surface area contributed by atoms with Crippen LogP contribution in [-0.4, -0.2) is 44.0 Å². The molecule has 0 atom stereocenters. The van der Waals surface area contributed by atoms with E-state index in [0.717, 1.165) is 5.56 Å². The van der Waals surface area contributed by atoms with Gasteiger partial charge in [-0.25, -0.2) is 4.79 Å². The largest absolute Gasteiger partial charge is 0.354 e. The molecule has 0 aliphatic carbocycles. The Kier molecular flexibility index (Phi) is 6.04. The molecule has 1 rings (SSSR count). The zero-order valence-corrected chi connectivity index (χ0v) is 11.6. The SMILES string of the molecule is CN(C)C(=O)NCCNC(=O)Cc1ccc(C#N)cc1. The first-order valence-electron chi connectivity index (χ1n) is 6.24. The van der Waals surface area contributed by atoms with Crippen LogP contribution in [-0.2, 0) is 11.2 Å². The van der Waals surface area contributed by atoms with E-state index >= 15 is 0 Å². The average Bonchev–Trinajstić information content (AvgIpc) is 2.44. The van der Waals surface area contributed by atoms with E-state index in [9.17, 15) is 9.59 Å². The highest BCUT2D eigenvalue weighted by molar-refractivity contribution is 5.78. The maximum atomic E-state index is 11.6. The fourth-order valence-corrected chi connectivity index (χ4v) is 1.47. The smallest absolute Gasteiger partial charge is 0.316 e. The first-order valence-corrected chi connectivity index (χ1v) is 6.24. The Morgan fingerprint density at radius 3 is 2.30 bits per heavy atom. The summed E-state index contributed by atoms with van der Waals surface area (Å²) in [6, 6.07) is 8.71. The van der Waals surface area contributed by atoms with Crippen molar-refractivity contribution >= 4 is 11.9 Å². The molecule has 6 heteroatoms. The molecule has 0 radical (unpaired) electrons. The fourth-order valence-electron chi connectivity index (χ4n) is 1.47. The lowest BCUT2D eigenvalue weighted by Crippen LogP contribution is -2.39. The zero-order chi connectivity index (χ0) is 15.0. The molecule has 0 aliphatic heterocycles. The van der Waals surface area contributed by atoms with E-state index in [1.807, 2.05) is 6.07 Å². The predicted octanol–water partition coefficient (Wildman–Crippen LogP) is 0.488. The lowest BCUT2D eigenvalue weighted by atomic mass is 10.1. The molecular weight excluding hydrogens is 256 g/mol. The van der Waals surface area contributed by atoms with Gasteiger partial charge in [0.1, 0.15) is 0 Å². The van der Waals surface area contributed by atoms with Crippen molar-refractivity contribution in [3.05, 3.63) is 35.4 Å². The van der Waals surface area contributed by atoms with Gasteiger partial charge in [0.25, 0.3) is 0 Å². The maximum absolute atomic E-state index is 11.6. The Morgan fingerprint density at radius 2 is 1.75 bits per heavy atom. The number of hydrogen-bond donors (Lipinski definition) is 2. The minimum absolute atomic E-state index is 0.117. The fraction of sp³-hybridized carbons (Fsp3) is 0.357. The van der Waals surface area contributed by atoms with Gasteiger partial charge in [-0.15, -0.1) is 0 Å². The van der Waals surface area contributed by atoms with Crippen LogP contribution in [0.25, 0.3) is 0 Å². The van der Waals surface area contributed by atoms with Gasteiger partial charge >= 0.3 is 6.03 Å². The number of nitrogens with one attached hydrogen (secondary N) is 2. The second-order valence-electron chi connectivity index (χ2n) is 4.46. The molecule has 0 saturated heterocycles. The van der Waals surface area contributed by atoms with Crippen LogP contribution in [0.1, 0.15) is 11.1 Å². The topological polar surface area (TPSA) is 85.2 Å². The molecule has 0 aromatic heterocycles. The summed E-state index contributed by atoms with van der Waals surface area (Å²) in [4.78, 5) is 24.3. The molecule has 0 aliphatic rings. The highest BCUT2D eigenvalue weighted by Gasteiger charge is 2.04. The van der Waals surface area contributed by atoms with Crippen molar-refractivity contribution in [3.8, 4) is 6.07 Å². The first kappa shape index (κ1) is 15.5. The Balaban J connectivity index is 2.26. The van der Waals surface area contributed by atoms with Gasteiger partial charge in [-0.05, 0) is 17.7 Å². The Morgan fingerprint density at radius 1 is 1.15 bits per heavy atom. The molecule has 20 heavy (non-hydrogen) atoms. The van der Waals surface area contributed by atoms with Crippen LogP contribution in [0.3, 0.4) is 0 Å². The van der Waals surface area contributed by atoms with Crippen molar-refractivity contribution in [2.45, 2.75) is 6.42 Å². The van der Waals surface area contributed by atoms with Crippen molar-refractivity contribution < 1.29 is 9.59 Å². The molecule has 2 N–H and O–H groups in total.